The maximum atomic E-state index is 11.7. The van der Waals surface area contributed by atoms with Crippen molar-refractivity contribution < 1.29 is 15.0 Å². The number of nitrogens with one attached hydrogen (secondary N) is 2. The minimum absolute atomic E-state index is 0.121. The molecule has 31 heavy (non-hydrogen) atoms. The van der Waals surface area contributed by atoms with E-state index < -0.39 is 5.23 Å². The van der Waals surface area contributed by atoms with Crippen molar-refractivity contribution in [3.63, 3.8) is 0 Å². The number of benzene rings is 2. The summed E-state index contributed by atoms with van der Waals surface area (Å²) in [5, 5.41) is 27.8. The van der Waals surface area contributed by atoms with Gasteiger partial charge in [-0.3, -0.25) is 4.40 Å². The molecule has 0 saturated heterocycles. The highest BCUT2D eigenvalue weighted by Crippen LogP contribution is 2.37. The minimum atomic E-state index is -1.05. The van der Waals surface area contributed by atoms with E-state index in [2.05, 4.69) is 25.4 Å². The van der Waals surface area contributed by atoms with Gasteiger partial charge in [0.1, 0.15) is 17.4 Å². The zero-order chi connectivity index (χ0) is 21.7. The number of anilines is 2. The van der Waals surface area contributed by atoms with Crippen molar-refractivity contribution in [1.82, 2.24) is 24.5 Å². The minimum Gasteiger partial charge on any atom is -0.595 e. The van der Waals surface area contributed by atoms with Crippen LogP contribution in [-0.4, -0.2) is 29.7 Å². The molecule has 0 aliphatic rings. The number of halogens is 2. The molecule has 0 aliphatic carbocycles. The average molecular weight is 458 g/mol. The lowest BCUT2D eigenvalue weighted by Crippen LogP contribution is -2.99. The average Bonchev–Trinajstić information content (AvgIpc) is 3.39. The fourth-order valence-corrected chi connectivity index (χ4v) is 3.90. The molecule has 0 radical (unpaired) electrons. The zero-order valence-corrected chi connectivity index (χ0v) is 17.3. The van der Waals surface area contributed by atoms with Crippen molar-refractivity contribution in [2.75, 3.05) is 5.32 Å². The van der Waals surface area contributed by atoms with Crippen LogP contribution in [0.4, 0.5) is 17.2 Å². The van der Waals surface area contributed by atoms with Crippen LogP contribution in [0.25, 0.3) is 27.9 Å². The van der Waals surface area contributed by atoms with Crippen molar-refractivity contribution in [2.45, 2.75) is 6.92 Å². The molecule has 2 aromatic carbocycles. The highest BCUT2D eigenvalue weighted by atomic mass is 35.5. The van der Waals surface area contributed by atoms with E-state index in [-0.39, 0.29) is 5.69 Å². The van der Waals surface area contributed by atoms with E-state index >= 15 is 0 Å². The first kappa shape index (κ1) is 19.7. The van der Waals surface area contributed by atoms with Gasteiger partial charge in [-0.15, -0.1) is 0 Å². The zero-order valence-electron chi connectivity index (χ0n) is 15.8. The van der Waals surface area contributed by atoms with Gasteiger partial charge in [-0.1, -0.05) is 34.4 Å². The number of imidazole rings is 1. The van der Waals surface area contributed by atoms with Crippen LogP contribution in [-0.2, 0) is 0 Å². The Morgan fingerprint density at radius 2 is 1.97 bits per heavy atom. The lowest BCUT2D eigenvalue weighted by atomic mass is 10.2. The largest absolute Gasteiger partial charge is 0.595 e. The Balaban J connectivity index is 1.63. The molecule has 156 valence electrons. The van der Waals surface area contributed by atoms with Gasteiger partial charge in [-0.05, 0) is 18.2 Å². The number of aryl methyl sites for hydroxylation is 1. The molecule has 5 rings (SSSR count). The van der Waals surface area contributed by atoms with Gasteiger partial charge in [0, 0.05) is 18.6 Å². The fraction of sp³-hybridized carbons (Fsp3) is 0.0526. The second kappa shape index (κ2) is 7.45. The molecule has 3 aromatic heterocycles. The van der Waals surface area contributed by atoms with Gasteiger partial charge in [0.25, 0.3) is 0 Å². The van der Waals surface area contributed by atoms with Crippen LogP contribution >= 0.6 is 23.2 Å². The van der Waals surface area contributed by atoms with Crippen LogP contribution in [0.1, 0.15) is 5.89 Å². The van der Waals surface area contributed by atoms with Crippen LogP contribution < -0.4 is 10.5 Å². The SMILES string of the molecule is Cc1nc(-c2cc(Cl)c(Nc3nc4cccc([NH+]([O-])O)c4n4cncc34)c(Cl)c2)no1. The van der Waals surface area contributed by atoms with Gasteiger partial charge in [-0.2, -0.15) is 10.2 Å². The molecule has 5 aromatic rings. The lowest BCUT2D eigenvalue weighted by Gasteiger charge is -2.16. The second-order valence-electron chi connectivity index (χ2n) is 6.66. The molecule has 0 spiro atoms. The van der Waals surface area contributed by atoms with E-state index in [4.69, 9.17) is 27.7 Å². The predicted octanol–water partition coefficient (Wildman–Crippen LogP) is 3.69. The van der Waals surface area contributed by atoms with E-state index in [9.17, 15) is 10.4 Å². The Morgan fingerprint density at radius 1 is 1.19 bits per heavy atom. The molecule has 0 aliphatic heterocycles. The number of hydrogen-bond acceptors (Lipinski definition) is 8. The van der Waals surface area contributed by atoms with Crippen molar-refractivity contribution in [3.05, 3.63) is 64.0 Å². The van der Waals surface area contributed by atoms with E-state index in [0.29, 0.717) is 55.4 Å². The Bertz CT molecular complexity index is 1420. The Morgan fingerprint density at radius 3 is 2.65 bits per heavy atom. The van der Waals surface area contributed by atoms with Gasteiger partial charge in [0.2, 0.25) is 11.7 Å². The first-order chi connectivity index (χ1) is 14.9. The van der Waals surface area contributed by atoms with Crippen molar-refractivity contribution in [3.8, 4) is 11.4 Å². The molecule has 0 saturated carbocycles. The molecule has 3 heterocycles. The monoisotopic (exact) mass is 457 g/mol. The molecule has 3 N–H and O–H groups in total. The van der Waals surface area contributed by atoms with Gasteiger partial charge >= 0.3 is 0 Å². The topological polar surface area (TPSA) is 129 Å². The number of para-hydroxylation sites is 1. The van der Waals surface area contributed by atoms with Gasteiger partial charge < -0.3 is 15.0 Å². The summed E-state index contributed by atoms with van der Waals surface area (Å²) >= 11 is 13.0. The normalized spacial score (nSPS) is 12.5. The van der Waals surface area contributed by atoms with Crippen LogP contribution in [0.15, 0.2) is 47.4 Å². The molecule has 1 atom stereocenters. The number of nitrogens with zero attached hydrogens (tertiary/aromatic N) is 5. The maximum Gasteiger partial charge on any atom is 0.223 e. The second-order valence-corrected chi connectivity index (χ2v) is 7.48. The number of aromatic nitrogens is 5. The summed E-state index contributed by atoms with van der Waals surface area (Å²) in [5.74, 6) is 1.21. The summed E-state index contributed by atoms with van der Waals surface area (Å²) < 4.78 is 6.67. The molecule has 0 amide bonds. The standard InChI is InChI=1S/C19H13Cl2N7O3/c1-9-23-18(26-31-9)10-5-11(20)16(12(21)6-10)25-19-15-7-22-8-27(15)17-13(24-19)3-2-4-14(17)28(29)30/h2-8,28-29H,1H3,(H,24,25). The van der Waals surface area contributed by atoms with Crippen molar-refractivity contribution >= 4 is 56.9 Å². The fourth-order valence-electron chi connectivity index (χ4n) is 3.32. The van der Waals surface area contributed by atoms with Crippen LogP contribution in [0, 0.1) is 12.1 Å². The quantitative estimate of drug-likeness (QED) is 0.348. The van der Waals surface area contributed by atoms with Gasteiger partial charge in [-0.25, -0.2) is 15.2 Å². The van der Waals surface area contributed by atoms with Crippen molar-refractivity contribution in [1.29, 1.82) is 0 Å². The molecule has 12 heteroatoms. The smallest absolute Gasteiger partial charge is 0.223 e. The summed E-state index contributed by atoms with van der Waals surface area (Å²) in [5.41, 5.74) is 2.62. The Hall–Kier alpha value is -3.28. The van der Waals surface area contributed by atoms with E-state index in [1.54, 1.807) is 41.8 Å². The van der Waals surface area contributed by atoms with E-state index in [1.165, 1.54) is 12.4 Å². The first-order valence-electron chi connectivity index (χ1n) is 8.97. The highest BCUT2D eigenvalue weighted by Gasteiger charge is 2.18. The van der Waals surface area contributed by atoms with Gasteiger partial charge in [0.15, 0.2) is 11.5 Å². The summed E-state index contributed by atoms with van der Waals surface area (Å²) in [6.45, 7) is 1.69. The maximum absolute atomic E-state index is 11.7. The summed E-state index contributed by atoms with van der Waals surface area (Å²) in [6, 6.07) is 8.20. The molecule has 10 nitrogen and oxygen atoms in total. The molecular formula is C19H13Cl2N7O3. The Labute approximate surface area is 184 Å². The highest BCUT2D eigenvalue weighted by molar-refractivity contribution is 6.39. The molecule has 1 unspecified atom stereocenters. The summed E-state index contributed by atoms with van der Waals surface area (Å²) in [4.78, 5) is 12.9. The number of rotatable bonds is 4. The lowest BCUT2D eigenvalue weighted by molar-refractivity contribution is -0.990. The summed E-state index contributed by atoms with van der Waals surface area (Å²) in [6.07, 6.45) is 3.10. The third-order valence-electron chi connectivity index (χ3n) is 4.67. The summed E-state index contributed by atoms with van der Waals surface area (Å²) in [7, 11) is 0. The van der Waals surface area contributed by atoms with Gasteiger partial charge in [0.05, 0.1) is 27.4 Å². The number of fused-ring (bicyclic) bond motifs is 3. The number of hydrogen-bond donors (Lipinski definition) is 3. The van der Waals surface area contributed by atoms with Crippen LogP contribution in [0.3, 0.4) is 0 Å². The first-order valence-corrected chi connectivity index (χ1v) is 9.73. The molecule has 0 bridgehead atoms. The van der Waals surface area contributed by atoms with E-state index in [1.807, 2.05) is 0 Å². The van der Waals surface area contributed by atoms with Crippen LogP contribution in [0.2, 0.25) is 10.0 Å². The Kier molecular flexibility index (Phi) is 4.73. The van der Waals surface area contributed by atoms with Crippen LogP contribution in [0.5, 0.6) is 0 Å². The number of quaternary nitrogens is 1. The third kappa shape index (κ3) is 3.36. The molecule has 0 fully saturated rings. The third-order valence-corrected chi connectivity index (χ3v) is 5.27. The molecular weight excluding hydrogens is 445 g/mol. The van der Waals surface area contributed by atoms with Crippen molar-refractivity contribution in [2.24, 2.45) is 0 Å². The van der Waals surface area contributed by atoms with E-state index in [0.717, 1.165) is 0 Å². The predicted molar refractivity (Wildman–Crippen MR) is 114 cm³/mol.